The largest absolute Gasteiger partial charge is 0.405 e. The van der Waals surface area contributed by atoms with Gasteiger partial charge in [0.05, 0.1) is 0 Å². The molecule has 1 aromatic rings. The van der Waals surface area contributed by atoms with Gasteiger partial charge >= 0.3 is 6.18 Å². The van der Waals surface area contributed by atoms with Crippen LogP contribution in [0.3, 0.4) is 0 Å². The number of halogens is 3. The average molecular weight is 345 g/mol. The van der Waals surface area contributed by atoms with Gasteiger partial charge in [-0.3, -0.25) is 9.59 Å². The van der Waals surface area contributed by atoms with Crippen molar-refractivity contribution < 1.29 is 22.8 Å². The van der Waals surface area contributed by atoms with E-state index in [2.05, 4.69) is 5.32 Å². The van der Waals surface area contributed by atoms with Crippen molar-refractivity contribution in [1.82, 2.24) is 5.32 Å². The smallest absolute Gasteiger partial charge is 0.343 e. The molecule has 0 atom stereocenters. The van der Waals surface area contributed by atoms with Gasteiger partial charge in [0.1, 0.15) is 6.54 Å². The van der Waals surface area contributed by atoms with E-state index in [9.17, 15) is 22.8 Å². The topological polar surface area (TPSA) is 84.2 Å². The molecule has 5 nitrogen and oxygen atoms in total. The number of alkyl halides is 3. The zero-order valence-electron chi connectivity index (χ0n) is 13.3. The van der Waals surface area contributed by atoms with E-state index in [1.165, 1.54) is 24.3 Å². The molecule has 0 spiro atoms. The molecular weight excluding hydrogens is 323 g/mol. The van der Waals surface area contributed by atoms with Gasteiger partial charge in [-0.15, -0.1) is 0 Å². The van der Waals surface area contributed by atoms with Gasteiger partial charge in [0.25, 0.3) is 5.91 Å². The molecule has 0 bridgehead atoms. The number of carbonyl (C=O) groups is 2. The Hall–Kier alpha value is -2.09. The van der Waals surface area contributed by atoms with Gasteiger partial charge in [-0.25, -0.2) is 0 Å². The lowest BCUT2D eigenvalue weighted by atomic mass is 10.1. The highest BCUT2D eigenvalue weighted by Gasteiger charge is 2.27. The summed E-state index contributed by atoms with van der Waals surface area (Å²) >= 11 is 0. The van der Waals surface area contributed by atoms with Crippen LogP contribution in [-0.2, 0) is 4.79 Å². The van der Waals surface area contributed by atoms with Crippen molar-refractivity contribution in [3.05, 3.63) is 29.8 Å². The lowest BCUT2D eigenvalue weighted by Gasteiger charge is -2.09. The standard InChI is InChI=1S/C16H22F3N3O2/c17-16(18,19)11-21-15(24)12-6-8-13(9-7-12)22-14(23)5-3-1-2-4-10-20/h6-9H,1-5,10-11,20H2,(H,21,24)(H,22,23). The van der Waals surface area contributed by atoms with E-state index in [4.69, 9.17) is 5.73 Å². The summed E-state index contributed by atoms with van der Waals surface area (Å²) in [5.74, 6) is -0.956. The molecule has 0 heterocycles. The number of anilines is 1. The van der Waals surface area contributed by atoms with Crippen LogP contribution in [0.25, 0.3) is 0 Å². The second kappa shape index (κ2) is 9.92. The summed E-state index contributed by atoms with van der Waals surface area (Å²) in [6.45, 7) is -0.733. The van der Waals surface area contributed by atoms with Crippen LogP contribution >= 0.6 is 0 Å². The quantitative estimate of drug-likeness (QED) is 0.602. The van der Waals surface area contributed by atoms with E-state index in [0.29, 0.717) is 18.7 Å². The molecule has 0 aliphatic carbocycles. The number of rotatable bonds is 9. The Kier molecular flexibility index (Phi) is 8.25. The van der Waals surface area contributed by atoms with Crippen molar-refractivity contribution in [1.29, 1.82) is 0 Å². The minimum Gasteiger partial charge on any atom is -0.343 e. The highest BCUT2D eigenvalue weighted by atomic mass is 19.4. The van der Waals surface area contributed by atoms with E-state index in [1.807, 2.05) is 0 Å². The van der Waals surface area contributed by atoms with Crippen molar-refractivity contribution in [2.24, 2.45) is 5.73 Å². The zero-order chi connectivity index (χ0) is 18.0. The second-order valence-electron chi connectivity index (χ2n) is 5.38. The number of hydrogen-bond acceptors (Lipinski definition) is 3. The fraction of sp³-hybridized carbons (Fsp3) is 0.500. The molecule has 134 valence electrons. The van der Waals surface area contributed by atoms with Crippen LogP contribution in [0.15, 0.2) is 24.3 Å². The average Bonchev–Trinajstić information content (AvgIpc) is 2.52. The summed E-state index contributed by atoms with van der Waals surface area (Å²) in [4.78, 5) is 23.3. The highest BCUT2D eigenvalue weighted by Crippen LogP contribution is 2.14. The number of benzene rings is 1. The summed E-state index contributed by atoms with van der Waals surface area (Å²) < 4.78 is 36.1. The maximum Gasteiger partial charge on any atom is 0.405 e. The number of unbranched alkanes of at least 4 members (excludes halogenated alkanes) is 3. The van der Waals surface area contributed by atoms with Crippen molar-refractivity contribution in [2.45, 2.75) is 38.3 Å². The predicted molar refractivity (Wildman–Crippen MR) is 85.6 cm³/mol. The third-order valence-electron chi connectivity index (χ3n) is 3.24. The Balaban J connectivity index is 2.38. The number of carbonyl (C=O) groups excluding carboxylic acids is 2. The van der Waals surface area contributed by atoms with Crippen molar-refractivity contribution >= 4 is 17.5 Å². The van der Waals surface area contributed by atoms with E-state index in [-0.39, 0.29) is 11.5 Å². The van der Waals surface area contributed by atoms with E-state index in [0.717, 1.165) is 25.7 Å². The van der Waals surface area contributed by atoms with Gasteiger partial charge in [-0.2, -0.15) is 13.2 Å². The summed E-state index contributed by atoms with van der Waals surface area (Å²) in [7, 11) is 0. The van der Waals surface area contributed by atoms with Gasteiger partial charge in [0, 0.05) is 17.7 Å². The van der Waals surface area contributed by atoms with Crippen LogP contribution in [0.2, 0.25) is 0 Å². The summed E-state index contributed by atoms with van der Waals surface area (Å²) in [5.41, 5.74) is 5.97. The van der Waals surface area contributed by atoms with Crippen LogP contribution < -0.4 is 16.4 Å². The monoisotopic (exact) mass is 345 g/mol. The fourth-order valence-electron chi connectivity index (χ4n) is 1.99. The van der Waals surface area contributed by atoms with E-state index >= 15 is 0 Å². The third kappa shape index (κ3) is 8.52. The predicted octanol–water partition coefficient (Wildman–Crippen LogP) is 2.83. The molecule has 24 heavy (non-hydrogen) atoms. The number of nitrogens with one attached hydrogen (secondary N) is 2. The molecule has 0 aliphatic heterocycles. The van der Waals surface area contributed by atoms with Gasteiger partial charge in [-0.1, -0.05) is 12.8 Å². The molecule has 4 N–H and O–H groups in total. The van der Waals surface area contributed by atoms with Crippen molar-refractivity contribution in [3.8, 4) is 0 Å². The SMILES string of the molecule is NCCCCCCC(=O)Nc1ccc(C(=O)NCC(F)(F)F)cc1. The summed E-state index contributed by atoms with van der Waals surface area (Å²) in [5, 5.41) is 4.46. The zero-order valence-corrected chi connectivity index (χ0v) is 13.3. The molecule has 0 aliphatic rings. The fourth-order valence-corrected chi connectivity index (χ4v) is 1.99. The van der Waals surface area contributed by atoms with Crippen LogP contribution in [-0.4, -0.2) is 31.1 Å². The van der Waals surface area contributed by atoms with Crippen LogP contribution in [0.5, 0.6) is 0 Å². The Bertz CT molecular complexity index is 530. The summed E-state index contributed by atoms with van der Waals surface area (Å²) in [6.07, 6.45) is -0.427. The molecule has 1 rings (SSSR count). The molecule has 8 heteroatoms. The first-order chi connectivity index (χ1) is 11.3. The first-order valence-corrected chi connectivity index (χ1v) is 7.77. The highest BCUT2D eigenvalue weighted by molar-refractivity contribution is 5.95. The van der Waals surface area contributed by atoms with E-state index in [1.54, 1.807) is 5.32 Å². The molecule has 0 saturated heterocycles. The maximum atomic E-state index is 12.0. The Morgan fingerprint density at radius 3 is 2.21 bits per heavy atom. The maximum absolute atomic E-state index is 12.0. The number of amides is 2. The first kappa shape index (κ1) is 20.0. The third-order valence-corrected chi connectivity index (χ3v) is 3.24. The molecule has 0 saturated carbocycles. The lowest BCUT2D eigenvalue weighted by Crippen LogP contribution is -2.33. The van der Waals surface area contributed by atoms with Crippen LogP contribution in [0, 0.1) is 0 Å². The Labute approximate surface area is 138 Å². The number of hydrogen-bond donors (Lipinski definition) is 3. The van der Waals surface area contributed by atoms with Gasteiger partial charge in [-0.05, 0) is 43.7 Å². The minimum absolute atomic E-state index is 0.0963. The van der Waals surface area contributed by atoms with Gasteiger partial charge in [0.2, 0.25) is 5.91 Å². The van der Waals surface area contributed by atoms with Crippen molar-refractivity contribution in [3.63, 3.8) is 0 Å². The Morgan fingerprint density at radius 2 is 1.62 bits per heavy atom. The van der Waals surface area contributed by atoms with Crippen LogP contribution in [0.4, 0.5) is 18.9 Å². The Morgan fingerprint density at radius 1 is 1.00 bits per heavy atom. The van der Waals surface area contributed by atoms with Gasteiger partial charge in [0.15, 0.2) is 0 Å². The molecule has 0 fully saturated rings. The molecule has 2 amide bonds. The molecule has 1 aromatic carbocycles. The number of nitrogens with two attached hydrogens (primary N) is 1. The van der Waals surface area contributed by atoms with Crippen LogP contribution in [0.1, 0.15) is 42.5 Å². The minimum atomic E-state index is -4.45. The molecular formula is C16H22F3N3O2. The van der Waals surface area contributed by atoms with Gasteiger partial charge < -0.3 is 16.4 Å². The summed E-state index contributed by atoms with van der Waals surface area (Å²) in [6, 6.07) is 5.69. The molecule has 0 unspecified atom stereocenters. The molecule has 0 radical (unpaired) electrons. The second-order valence-corrected chi connectivity index (χ2v) is 5.38. The van der Waals surface area contributed by atoms with E-state index < -0.39 is 18.6 Å². The normalized spacial score (nSPS) is 11.2. The first-order valence-electron chi connectivity index (χ1n) is 7.77. The van der Waals surface area contributed by atoms with Crippen molar-refractivity contribution in [2.75, 3.05) is 18.4 Å². The molecule has 0 aromatic heterocycles. The lowest BCUT2D eigenvalue weighted by molar-refractivity contribution is -0.123.